The van der Waals surface area contributed by atoms with Crippen LogP contribution in [0.25, 0.3) is 0 Å². The van der Waals surface area contributed by atoms with Gasteiger partial charge < -0.3 is 15.3 Å². The molecule has 0 aliphatic carbocycles. The normalized spacial score (nSPS) is 16.2. The van der Waals surface area contributed by atoms with Crippen LogP contribution in [0.15, 0.2) is 54.6 Å². The standard InChI is InChI=1S/C25H31N3O4/c1-18-8-10-20(11-9-18)19(2)27-14-16-28(17-15-27)23(29)13-12-22(25(31)32)26-24(30)21-6-4-3-5-7-21/h3-11,19,22H,12-17H2,1-2H3,(H,26,30)(H,31,32)/t19?,22-/m0/s1. The molecule has 7 heteroatoms. The number of carbonyl (C=O) groups excluding carboxylic acids is 2. The molecule has 1 fully saturated rings. The van der Waals surface area contributed by atoms with Gasteiger partial charge in [-0.3, -0.25) is 14.5 Å². The number of hydrogen-bond donors (Lipinski definition) is 2. The zero-order valence-electron chi connectivity index (χ0n) is 18.7. The van der Waals surface area contributed by atoms with Crippen molar-refractivity contribution in [2.75, 3.05) is 26.2 Å². The number of hydrogen-bond acceptors (Lipinski definition) is 4. The Labute approximate surface area is 189 Å². The largest absolute Gasteiger partial charge is 0.480 e. The van der Waals surface area contributed by atoms with Crippen LogP contribution in [0.3, 0.4) is 0 Å². The number of carbonyl (C=O) groups is 3. The first kappa shape index (κ1) is 23.5. The van der Waals surface area contributed by atoms with Gasteiger partial charge in [0, 0.05) is 44.2 Å². The first-order valence-electron chi connectivity index (χ1n) is 11.0. The molecule has 0 bridgehead atoms. The summed E-state index contributed by atoms with van der Waals surface area (Å²) in [7, 11) is 0. The Morgan fingerprint density at radius 1 is 0.969 bits per heavy atom. The minimum atomic E-state index is -1.14. The van der Waals surface area contributed by atoms with Gasteiger partial charge in [0.05, 0.1) is 0 Å². The fourth-order valence-electron chi connectivity index (χ4n) is 3.93. The fourth-order valence-corrected chi connectivity index (χ4v) is 3.93. The molecule has 0 spiro atoms. The quantitative estimate of drug-likeness (QED) is 0.663. The smallest absolute Gasteiger partial charge is 0.326 e. The van der Waals surface area contributed by atoms with Crippen molar-refractivity contribution in [3.63, 3.8) is 0 Å². The lowest BCUT2D eigenvalue weighted by Crippen LogP contribution is -2.49. The highest BCUT2D eigenvalue weighted by atomic mass is 16.4. The van der Waals surface area contributed by atoms with Crippen molar-refractivity contribution in [3.8, 4) is 0 Å². The topological polar surface area (TPSA) is 90.0 Å². The molecule has 2 atom stereocenters. The van der Waals surface area contributed by atoms with E-state index in [0.717, 1.165) is 13.1 Å². The van der Waals surface area contributed by atoms with E-state index in [1.807, 2.05) is 0 Å². The summed E-state index contributed by atoms with van der Waals surface area (Å²) in [4.78, 5) is 40.7. The Morgan fingerprint density at radius 2 is 1.59 bits per heavy atom. The molecule has 7 nitrogen and oxygen atoms in total. The van der Waals surface area contributed by atoms with Crippen LogP contribution in [0, 0.1) is 6.92 Å². The maximum Gasteiger partial charge on any atom is 0.326 e. The lowest BCUT2D eigenvalue weighted by atomic mass is 10.0. The van der Waals surface area contributed by atoms with Crippen LogP contribution in [0.4, 0.5) is 0 Å². The molecule has 32 heavy (non-hydrogen) atoms. The Hall–Kier alpha value is -3.19. The SMILES string of the molecule is Cc1ccc(C(C)N2CCN(C(=O)CC[C@H](NC(=O)c3ccccc3)C(=O)O)CC2)cc1. The molecule has 1 heterocycles. The number of piperazine rings is 1. The monoisotopic (exact) mass is 437 g/mol. The van der Waals surface area contributed by atoms with E-state index in [9.17, 15) is 19.5 Å². The summed E-state index contributed by atoms with van der Waals surface area (Å²) in [5.41, 5.74) is 2.88. The number of amides is 2. The summed E-state index contributed by atoms with van der Waals surface area (Å²) in [5.74, 6) is -1.67. The lowest BCUT2D eigenvalue weighted by Gasteiger charge is -2.38. The van der Waals surface area contributed by atoms with Crippen molar-refractivity contribution in [3.05, 3.63) is 71.3 Å². The maximum atomic E-state index is 12.7. The fraction of sp³-hybridized carbons (Fsp3) is 0.400. The minimum Gasteiger partial charge on any atom is -0.480 e. The Balaban J connectivity index is 1.47. The molecule has 3 rings (SSSR count). The number of benzene rings is 2. The van der Waals surface area contributed by atoms with Gasteiger partial charge in [0.1, 0.15) is 6.04 Å². The van der Waals surface area contributed by atoms with E-state index < -0.39 is 17.9 Å². The van der Waals surface area contributed by atoms with Crippen molar-refractivity contribution in [1.82, 2.24) is 15.1 Å². The summed E-state index contributed by atoms with van der Waals surface area (Å²) in [5, 5.41) is 12.0. The van der Waals surface area contributed by atoms with Crippen LogP contribution >= 0.6 is 0 Å². The van der Waals surface area contributed by atoms with Crippen LogP contribution in [-0.4, -0.2) is 64.9 Å². The molecule has 1 aliphatic rings. The predicted molar refractivity (Wildman–Crippen MR) is 122 cm³/mol. The average molecular weight is 438 g/mol. The number of carboxylic acids is 1. The van der Waals surface area contributed by atoms with E-state index in [2.05, 4.69) is 48.3 Å². The van der Waals surface area contributed by atoms with Crippen molar-refractivity contribution in [1.29, 1.82) is 0 Å². The molecular weight excluding hydrogens is 406 g/mol. The third kappa shape index (κ3) is 6.17. The van der Waals surface area contributed by atoms with E-state index in [0.29, 0.717) is 18.7 Å². The van der Waals surface area contributed by atoms with Gasteiger partial charge in [-0.25, -0.2) is 4.79 Å². The van der Waals surface area contributed by atoms with Crippen molar-refractivity contribution >= 4 is 17.8 Å². The number of aliphatic carboxylic acids is 1. The van der Waals surface area contributed by atoms with Gasteiger partial charge in [0.25, 0.3) is 5.91 Å². The average Bonchev–Trinajstić information content (AvgIpc) is 2.82. The molecular formula is C25H31N3O4. The molecule has 1 unspecified atom stereocenters. The van der Waals surface area contributed by atoms with E-state index >= 15 is 0 Å². The molecule has 170 valence electrons. The summed E-state index contributed by atoms with van der Waals surface area (Å²) >= 11 is 0. The number of aryl methyl sites for hydroxylation is 1. The van der Waals surface area contributed by atoms with Gasteiger partial charge in [-0.15, -0.1) is 0 Å². The highest BCUT2D eigenvalue weighted by Crippen LogP contribution is 2.22. The predicted octanol–water partition coefficient (Wildman–Crippen LogP) is 2.86. The highest BCUT2D eigenvalue weighted by molar-refractivity contribution is 5.96. The van der Waals surface area contributed by atoms with E-state index in [1.54, 1.807) is 35.2 Å². The molecule has 2 aromatic carbocycles. The van der Waals surface area contributed by atoms with Gasteiger partial charge in [0.2, 0.25) is 5.91 Å². The van der Waals surface area contributed by atoms with Gasteiger partial charge in [0.15, 0.2) is 0 Å². The van der Waals surface area contributed by atoms with Crippen LogP contribution in [-0.2, 0) is 9.59 Å². The first-order chi connectivity index (χ1) is 15.3. The molecule has 1 aliphatic heterocycles. The second-order valence-corrected chi connectivity index (χ2v) is 8.27. The van der Waals surface area contributed by atoms with Crippen molar-refractivity contribution in [2.45, 2.75) is 38.8 Å². The zero-order valence-corrected chi connectivity index (χ0v) is 18.7. The van der Waals surface area contributed by atoms with E-state index in [4.69, 9.17) is 0 Å². The van der Waals surface area contributed by atoms with Gasteiger partial charge >= 0.3 is 5.97 Å². The molecule has 0 saturated carbocycles. The third-order valence-corrected chi connectivity index (χ3v) is 6.06. The molecule has 2 amide bonds. The number of nitrogens with zero attached hydrogens (tertiary/aromatic N) is 2. The Bertz CT molecular complexity index is 922. The summed E-state index contributed by atoms with van der Waals surface area (Å²) in [6, 6.07) is 16.1. The van der Waals surface area contributed by atoms with Gasteiger partial charge in [-0.05, 0) is 38.0 Å². The second-order valence-electron chi connectivity index (χ2n) is 8.27. The Morgan fingerprint density at radius 3 is 2.19 bits per heavy atom. The van der Waals surface area contributed by atoms with Gasteiger partial charge in [-0.2, -0.15) is 0 Å². The van der Waals surface area contributed by atoms with Gasteiger partial charge in [-0.1, -0.05) is 48.0 Å². The summed E-state index contributed by atoms with van der Waals surface area (Å²) in [6.07, 6.45) is 0.145. The zero-order chi connectivity index (χ0) is 23.1. The summed E-state index contributed by atoms with van der Waals surface area (Å²) in [6.45, 7) is 7.02. The van der Waals surface area contributed by atoms with E-state index in [-0.39, 0.29) is 24.8 Å². The van der Waals surface area contributed by atoms with E-state index in [1.165, 1.54) is 11.1 Å². The first-order valence-corrected chi connectivity index (χ1v) is 11.0. The molecule has 0 radical (unpaired) electrons. The second kappa shape index (κ2) is 10.9. The third-order valence-electron chi connectivity index (χ3n) is 6.06. The van der Waals surface area contributed by atoms with Crippen LogP contribution < -0.4 is 5.32 Å². The molecule has 2 aromatic rings. The number of carboxylic acid groups (broad SMARTS) is 1. The minimum absolute atomic E-state index is 0.0622. The highest BCUT2D eigenvalue weighted by Gasteiger charge is 2.27. The van der Waals surface area contributed by atoms with Crippen LogP contribution in [0.2, 0.25) is 0 Å². The Kier molecular flexibility index (Phi) is 8.00. The number of nitrogens with one attached hydrogen (secondary N) is 1. The number of rotatable bonds is 8. The van der Waals surface area contributed by atoms with Crippen LogP contribution in [0.1, 0.15) is 47.3 Å². The molecule has 2 N–H and O–H groups in total. The molecule has 1 saturated heterocycles. The molecule has 0 aromatic heterocycles. The lowest BCUT2D eigenvalue weighted by molar-refractivity contribution is -0.140. The summed E-state index contributed by atoms with van der Waals surface area (Å²) < 4.78 is 0. The van der Waals surface area contributed by atoms with Crippen molar-refractivity contribution in [2.24, 2.45) is 0 Å². The maximum absolute atomic E-state index is 12.7. The van der Waals surface area contributed by atoms with Crippen LogP contribution in [0.5, 0.6) is 0 Å². The van der Waals surface area contributed by atoms with Crippen molar-refractivity contribution < 1.29 is 19.5 Å².